The average molecular weight is 577 g/mol. The minimum absolute atomic E-state index is 0.176. The summed E-state index contributed by atoms with van der Waals surface area (Å²) in [7, 11) is 0. The molecule has 0 amide bonds. The van der Waals surface area contributed by atoms with Crippen molar-refractivity contribution < 1.29 is 4.74 Å². The van der Waals surface area contributed by atoms with Gasteiger partial charge in [0.05, 0.1) is 5.41 Å². The zero-order chi connectivity index (χ0) is 30.2. The van der Waals surface area contributed by atoms with E-state index in [-0.39, 0.29) is 5.41 Å². The Morgan fingerprint density at radius 2 is 1.02 bits per heavy atom. The summed E-state index contributed by atoms with van der Waals surface area (Å²) in [6, 6.07) is 57.8. The molecule has 0 aromatic heterocycles. The van der Waals surface area contributed by atoms with Gasteiger partial charge in [0.2, 0.25) is 0 Å². The molecule has 7 aromatic rings. The second-order valence-corrected chi connectivity index (χ2v) is 12.9. The third kappa shape index (κ3) is 3.61. The molecule has 0 saturated heterocycles. The van der Waals surface area contributed by atoms with E-state index in [1.54, 1.807) is 0 Å². The molecule has 9 rings (SSSR count). The Hall–Kier alpha value is -5.40. The SMILES string of the molecule is CC1(C)c2ccccc2Oc2c(-c3ccc4c(c3)C(c3ccccc3)(c3ccccc3)c3cc5ccccc5cc3-4)cccc21. The Kier molecular flexibility index (Phi) is 5.53. The molecule has 1 heterocycles. The first-order valence-corrected chi connectivity index (χ1v) is 15.8. The summed E-state index contributed by atoms with van der Waals surface area (Å²) in [4.78, 5) is 0. The molecule has 1 aliphatic carbocycles. The normalized spacial score (nSPS) is 15.0. The molecule has 0 radical (unpaired) electrons. The molecule has 0 spiro atoms. The monoisotopic (exact) mass is 576 g/mol. The summed E-state index contributed by atoms with van der Waals surface area (Å²) in [6.07, 6.45) is 0. The van der Waals surface area contributed by atoms with E-state index in [2.05, 4.69) is 172 Å². The molecule has 0 N–H and O–H groups in total. The predicted molar refractivity (Wildman–Crippen MR) is 185 cm³/mol. The van der Waals surface area contributed by atoms with Gasteiger partial charge in [0.15, 0.2) is 0 Å². The second-order valence-electron chi connectivity index (χ2n) is 12.9. The van der Waals surface area contributed by atoms with Gasteiger partial charge in [-0.15, -0.1) is 0 Å². The third-order valence-corrected chi connectivity index (χ3v) is 10.2. The molecule has 7 aromatic carbocycles. The number of hydrogen-bond donors (Lipinski definition) is 0. The standard InChI is InChI=1S/C44H32O/c1-43(2)37-21-11-12-23-41(37)45-42-34(20-13-22-38(42)43)31-24-25-35-36-26-29-14-9-10-15-30(29)27-40(36)44(39(35)28-31,32-16-5-3-6-17-32)33-18-7-4-8-19-33/h3-28H,1-2H3. The van der Waals surface area contributed by atoms with Gasteiger partial charge in [0.1, 0.15) is 11.5 Å². The van der Waals surface area contributed by atoms with Crippen LogP contribution in [0.2, 0.25) is 0 Å². The van der Waals surface area contributed by atoms with Gasteiger partial charge in [-0.3, -0.25) is 0 Å². The summed E-state index contributed by atoms with van der Waals surface area (Å²) < 4.78 is 6.75. The molecule has 45 heavy (non-hydrogen) atoms. The Balaban J connectivity index is 1.35. The lowest BCUT2D eigenvalue weighted by molar-refractivity contribution is 0.419. The third-order valence-electron chi connectivity index (χ3n) is 10.2. The van der Waals surface area contributed by atoms with Crippen LogP contribution in [0.4, 0.5) is 0 Å². The van der Waals surface area contributed by atoms with Crippen LogP contribution in [0, 0.1) is 0 Å². The van der Waals surface area contributed by atoms with Crippen LogP contribution in [0.5, 0.6) is 11.5 Å². The Morgan fingerprint density at radius 3 is 1.76 bits per heavy atom. The van der Waals surface area contributed by atoms with Gasteiger partial charge in [-0.1, -0.05) is 147 Å². The topological polar surface area (TPSA) is 9.23 Å². The van der Waals surface area contributed by atoms with Crippen molar-refractivity contribution in [2.45, 2.75) is 24.7 Å². The smallest absolute Gasteiger partial charge is 0.139 e. The fourth-order valence-electron chi connectivity index (χ4n) is 8.03. The summed E-state index contributed by atoms with van der Waals surface area (Å²) in [5.41, 5.74) is 11.8. The van der Waals surface area contributed by atoms with E-state index in [0.717, 1.165) is 22.6 Å². The number of hydrogen-bond acceptors (Lipinski definition) is 1. The van der Waals surface area contributed by atoms with E-state index < -0.39 is 5.41 Å². The average Bonchev–Trinajstić information content (AvgIpc) is 3.37. The number of benzene rings is 7. The van der Waals surface area contributed by atoms with Crippen molar-refractivity contribution in [2.75, 3.05) is 0 Å². The maximum Gasteiger partial charge on any atom is 0.139 e. The number of ether oxygens (including phenoxy) is 1. The van der Waals surface area contributed by atoms with Crippen LogP contribution >= 0.6 is 0 Å². The lowest BCUT2D eigenvalue weighted by Gasteiger charge is -2.36. The highest BCUT2D eigenvalue weighted by Crippen LogP contribution is 2.58. The van der Waals surface area contributed by atoms with Crippen molar-refractivity contribution >= 4 is 10.8 Å². The van der Waals surface area contributed by atoms with Crippen molar-refractivity contribution in [3.63, 3.8) is 0 Å². The first kappa shape index (κ1) is 26.0. The van der Waals surface area contributed by atoms with Gasteiger partial charge in [0.25, 0.3) is 0 Å². The highest BCUT2D eigenvalue weighted by Gasteiger charge is 2.46. The van der Waals surface area contributed by atoms with Crippen molar-refractivity contribution in [1.82, 2.24) is 0 Å². The molecule has 2 aliphatic rings. The molecule has 1 nitrogen and oxygen atoms in total. The van der Waals surface area contributed by atoms with Crippen LogP contribution in [0.15, 0.2) is 158 Å². The quantitative estimate of drug-likeness (QED) is 0.203. The first-order chi connectivity index (χ1) is 22.1. The van der Waals surface area contributed by atoms with E-state index >= 15 is 0 Å². The van der Waals surface area contributed by atoms with Gasteiger partial charge in [-0.2, -0.15) is 0 Å². The first-order valence-electron chi connectivity index (χ1n) is 15.8. The summed E-state index contributed by atoms with van der Waals surface area (Å²) in [5, 5.41) is 2.52. The fraction of sp³-hybridized carbons (Fsp3) is 0.0909. The summed E-state index contributed by atoms with van der Waals surface area (Å²) in [5.74, 6) is 1.89. The minimum Gasteiger partial charge on any atom is -0.456 e. The van der Waals surface area contributed by atoms with Crippen molar-refractivity contribution in [3.8, 4) is 33.8 Å². The van der Waals surface area contributed by atoms with E-state index in [1.807, 2.05) is 0 Å². The van der Waals surface area contributed by atoms with Crippen molar-refractivity contribution in [1.29, 1.82) is 0 Å². The van der Waals surface area contributed by atoms with Crippen LogP contribution < -0.4 is 4.74 Å². The number of fused-ring (bicyclic) bond motifs is 6. The van der Waals surface area contributed by atoms with Crippen LogP contribution in [0.1, 0.15) is 47.2 Å². The van der Waals surface area contributed by atoms with Crippen LogP contribution in [-0.4, -0.2) is 0 Å². The number of rotatable bonds is 3. The Morgan fingerprint density at radius 1 is 0.422 bits per heavy atom. The van der Waals surface area contributed by atoms with Gasteiger partial charge in [0, 0.05) is 22.1 Å². The zero-order valence-electron chi connectivity index (χ0n) is 25.4. The predicted octanol–water partition coefficient (Wildman–Crippen LogP) is 11.3. The Bertz CT molecular complexity index is 2220. The van der Waals surface area contributed by atoms with Gasteiger partial charge in [-0.25, -0.2) is 0 Å². The molecule has 1 heteroatoms. The zero-order valence-corrected chi connectivity index (χ0v) is 25.4. The summed E-state index contributed by atoms with van der Waals surface area (Å²) >= 11 is 0. The molecule has 0 saturated carbocycles. The van der Waals surface area contributed by atoms with Crippen molar-refractivity contribution in [2.24, 2.45) is 0 Å². The van der Waals surface area contributed by atoms with E-state index in [0.29, 0.717) is 0 Å². The van der Waals surface area contributed by atoms with E-state index in [4.69, 9.17) is 4.74 Å². The molecule has 0 fully saturated rings. The van der Waals surface area contributed by atoms with E-state index in [1.165, 1.54) is 55.3 Å². The maximum atomic E-state index is 6.75. The molecule has 214 valence electrons. The van der Waals surface area contributed by atoms with Gasteiger partial charge in [-0.05, 0) is 74.0 Å². The van der Waals surface area contributed by atoms with Crippen molar-refractivity contribution in [3.05, 3.63) is 191 Å². The molecular formula is C44H32O. The molecule has 0 unspecified atom stereocenters. The lowest BCUT2D eigenvalue weighted by atomic mass is 9.67. The largest absolute Gasteiger partial charge is 0.456 e. The highest BCUT2D eigenvalue weighted by atomic mass is 16.5. The van der Waals surface area contributed by atoms with E-state index in [9.17, 15) is 0 Å². The fourth-order valence-corrected chi connectivity index (χ4v) is 8.03. The van der Waals surface area contributed by atoms with Crippen LogP contribution in [-0.2, 0) is 10.8 Å². The molecule has 0 atom stereocenters. The van der Waals surface area contributed by atoms with Gasteiger partial charge >= 0.3 is 0 Å². The maximum absolute atomic E-state index is 6.75. The van der Waals surface area contributed by atoms with Gasteiger partial charge < -0.3 is 4.74 Å². The number of para-hydroxylation sites is 2. The lowest BCUT2D eigenvalue weighted by Crippen LogP contribution is -2.28. The minimum atomic E-state index is -0.477. The Labute approximate surface area is 264 Å². The molecular weight excluding hydrogens is 544 g/mol. The van der Waals surface area contributed by atoms with Crippen LogP contribution in [0.3, 0.4) is 0 Å². The second kappa shape index (κ2) is 9.55. The van der Waals surface area contributed by atoms with Crippen LogP contribution in [0.25, 0.3) is 33.0 Å². The highest BCUT2D eigenvalue weighted by molar-refractivity contribution is 5.97. The summed E-state index contributed by atoms with van der Waals surface area (Å²) in [6.45, 7) is 4.60. The molecule has 0 bridgehead atoms. The molecule has 1 aliphatic heterocycles.